The number of rotatable bonds is 1. The van der Waals surface area contributed by atoms with E-state index in [1.54, 1.807) is 0 Å². The molecule has 0 N–H and O–H groups in total. The molecule has 0 bridgehead atoms. The normalized spacial score (nSPS) is 11.5. The molecule has 2 aliphatic rings. The molecule has 4 rings (SSSR count). The molecule has 0 aliphatic carbocycles. The average Bonchev–Trinajstić information content (AvgIpc) is 2.88. The molecule has 0 saturated heterocycles. The summed E-state index contributed by atoms with van der Waals surface area (Å²) in [5.41, 5.74) is 3.37. The Morgan fingerprint density at radius 2 is 1.95 bits per heavy atom. The number of pyridine rings is 1. The lowest BCUT2D eigenvalue weighted by molar-refractivity contribution is 0.112. The first-order valence-corrected chi connectivity index (χ1v) is 7.00. The zero-order valence-electron chi connectivity index (χ0n) is 11.3. The third kappa shape index (κ3) is 1.61. The van der Waals surface area contributed by atoms with Crippen LogP contribution in [0.15, 0.2) is 42.5 Å². The van der Waals surface area contributed by atoms with Crippen molar-refractivity contribution in [3.8, 4) is 11.4 Å². The number of carbonyl (C=O) groups excluding carboxylic acids is 1. The largest absolute Gasteiger partial charge is 0.328 e. The number of aldehydes is 1. The fourth-order valence-corrected chi connectivity index (χ4v) is 3.14. The lowest BCUT2D eigenvalue weighted by Crippen LogP contribution is -2.03. The van der Waals surface area contributed by atoms with Crippen LogP contribution in [-0.4, -0.2) is 15.8 Å². The second kappa shape index (κ2) is 4.30. The smallest absolute Gasteiger partial charge is 0.151 e. The molecule has 21 heavy (non-hydrogen) atoms. The van der Waals surface area contributed by atoms with Crippen LogP contribution in [0, 0.1) is 0 Å². The van der Waals surface area contributed by atoms with E-state index in [1.165, 1.54) is 0 Å². The number of aryl methyl sites for hydroxylation is 1. The van der Waals surface area contributed by atoms with Gasteiger partial charge in [-0.1, -0.05) is 29.8 Å². The summed E-state index contributed by atoms with van der Waals surface area (Å²) in [4.78, 5) is 16.4. The number of para-hydroxylation sites is 1. The summed E-state index contributed by atoms with van der Waals surface area (Å²) in [5.74, 6) is 0.813. The van der Waals surface area contributed by atoms with Gasteiger partial charge in [-0.2, -0.15) is 0 Å². The van der Waals surface area contributed by atoms with Gasteiger partial charge in [-0.05, 0) is 24.3 Å². The first kappa shape index (κ1) is 12.4. The SMILES string of the molecule is Cn1c2nc3ccccc3c-2c(C=O)c2cc(Cl)ccc21. The molecule has 0 spiro atoms. The van der Waals surface area contributed by atoms with Crippen molar-refractivity contribution in [2.75, 3.05) is 0 Å². The number of carbonyl (C=O) groups is 1. The molecule has 2 heterocycles. The number of nitrogens with zero attached hydrogens (tertiary/aromatic N) is 2. The number of hydrogen-bond acceptors (Lipinski definition) is 2. The Kier molecular flexibility index (Phi) is 2.53. The van der Waals surface area contributed by atoms with Gasteiger partial charge in [0.05, 0.1) is 11.0 Å². The topological polar surface area (TPSA) is 34.9 Å². The highest BCUT2D eigenvalue weighted by atomic mass is 35.5. The van der Waals surface area contributed by atoms with E-state index in [4.69, 9.17) is 11.6 Å². The van der Waals surface area contributed by atoms with Gasteiger partial charge in [0.15, 0.2) is 6.29 Å². The van der Waals surface area contributed by atoms with E-state index in [0.717, 1.165) is 39.5 Å². The predicted molar refractivity (Wildman–Crippen MR) is 85.2 cm³/mol. The molecule has 0 unspecified atom stereocenters. The van der Waals surface area contributed by atoms with Crippen LogP contribution < -0.4 is 0 Å². The van der Waals surface area contributed by atoms with Gasteiger partial charge in [-0.25, -0.2) is 4.98 Å². The molecular weight excluding hydrogens is 284 g/mol. The summed E-state index contributed by atoms with van der Waals surface area (Å²) in [7, 11) is 1.96. The summed E-state index contributed by atoms with van der Waals surface area (Å²) in [6, 6.07) is 13.4. The minimum Gasteiger partial charge on any atom is -0.328 e. The molecule has 3 nitrogen and oxygen atoms in total. The molecule has 0 saturated carbocycles. The standard InChI is InChI=1S/C17H11ClN2O/c1-20-15-7-6-10(18)8-12(15)13(9-21)16-11-4-2-3-5-14(11)19-17(16)20/h2-9H,1H3. The first-order chi connectivity index (χ1) is 10.2. The highest BCUT2D eigenvalue weighted by Gasteiger charge is 2.21. The Morgan fingerprint density at radius 3 is 2.76 bits per heavy atom. The lowest BCUT2D eigenvalue weighted by Gasteiger charge is -2.14. The van der Waals surface area contributed by atoms with Crippen LogP contribution in [0.3, 0.4) is 0 Å². The van der Waals surface area contributed by atoms with Gasteiger partial charge in [0, 0.05) is 34.0 Å². The van der Waals surface area contributed by atoms with Gasteiger partial charge < -0.3 is 4.57 Å². The number of halogens is 1. The van der Waals surface area contributed by atoms with Crippen molar-refractivity contribution in [3.63, 3.8) is 0 Å². The van der Waals surface area contributed by atoms with E-state index in [9.17, 15) is 4.79 Å². The van der Waals surface area contributed by atoms with Crippen LogP contribution >= 0.6 is 11.6 Å². The summed E-state index contributed by atoms with van der Waals surface area (Å²) in [6.45, 7) is 0. The number of benzene rings is 2. The first-order valence-electron chi connectivity index (χ1n) is 6.62. The molecule has 2 aromatic carbocycles. The average molecular weight is 295 g/mol. The van der Waals surface area contributed by atoms with E-state index >= 15 is 0 Å². The Bertz CT molecular complexity index is 987. The lowest BCUT2D eigenvalue weighted by atomic mass is 10.00. The van der Waals surface area contributed by atoms with Crippen molar-refractivity contribution in [2.24, 2.45) is 7.05 Å². The highest BCUT2D eigenvalue weighted by Crippen LogP contribution is 2.38. The van der Waals surface area contributed by atoms with Crippen molar-refractivity contribution in [3.05, 3.63) is 53.1 Å². The highest BCUT2D eigenvalue weighted by molar-refractivity contribution is 6.31. The second-order valence-electron chi connectivity index (χ2n) is 5.08. The number of fused-ring (bicyclic) bond motifs is 4. The van der Waals surface area contributed by atoms with E-state index in [0.29, 0.717) is 10.6 Å². The fourth-order valence-electron chi connectivity index (χ4n) is 2.97. The van der Waals surface area contributed by atoms with Crippen LogP contribution in [0.4, 0.5) is 0 Å². The van der Waals surface area contributed by atoms with Crippen molar-refractivity contribution >= 4 is 39.7 Å². The van der Waals surface area contributed by atoms with Crippen LogP contribution in [0.25, 0.3) is 33.2 Å². The maximum atomic E-state index is 11.7. The Morgan fingerprint density at radius 1 is 1.14 bits per heavy atom. The Labute approximate surface area is 126 Å². The summed E-state index contributed by atoms with van der Waals surface area (Å²) < 4.78 is 2.01. The quantitative estimate of drug-likeness (QED) is 0.491. The minimum absolute atomic E-state index is 0.619. The summed E-state index contributed by atoms with van der Waals surface area (Å²) >= 11 is 6.10. The molecule has 0 amide bonds. The molecule has 2 aliphatic heterocycles. The minimum atomic E-state index is 0.619. The Hall–Kier alpha value is -2.39. The monoisotopic (exact) mass is 294 g/mol. The van der Waals surface area contributed by atoms with Crippen LogP contribution in [0.1, 0.15) is 10.4 Å². The third-order valence-corrected chi connectivity index (χ3v) is 4.17. The van der Waals surface area contributed by atoms with E-state index in [-0.39, 0.29) is 0 Å². The number of aromatic nitrogens is 2. The summed E-state index contributed by atoms with van der Waals surface area (Å²) in [5, 5.41) is 2.46. The molecular formula is C17H11ClN2O. The second-order valence-corrected chi connectivity index (χ2v) is 5.52. The van der Waals surface area contributed by atoms with Crippen LogP contribution in [0.2, 0.25) is 5.02 Å². The molecule has 0 fully saturated rings. The molecule has 0 radical (unpaired) electrons. The van der Waals surface area contributed by atoms with Crippen molar-refractivity contribution in [1.82, 2.24) is 9.55 Å². The van der Waals surface area contributed by atoms with E-state index in [2.05, 4.69) is 4.98 Å². The molecule has 4 heteroatoms. The van der Waals surface area contributed by atoms with Crippen molar-refractivity contribution in [1.29, 1.82) is 0 Å². The van der Waals surface area contributed by atoms with Gasteiger partial charge in [0.2, 0.25) is 0 Å². The molecule has 0 atom stereocenters. The van der Waals surface area contributed by atoms with Gasteiger partial charge in [-0.15, -0.1) is 0 Å². The summed E-state index contributed by atoms with van der Waals surface area (Å²) in [6.07, 6.45) is 0.898. The zero-order valence-corrected chi connectivity index (χ0v) is 12.1. The van der Waals surface area contributed by atoms with Gasteiger partial charge >= 0.3 is 0 Å². The fraction of sp³-hybridized carbons (Fsp3) is 0.0588. The van der Waals surface area contributed by atoms with E-state index in [1.807, 2.05) is 54.1 Å². The third-order valence-electron chi connectivity index (χ3n) is 3.94. The van der Waals surface area contributed by atoms with Gasteiger partial charge in [0.25, 0.3) is 0 Å². The van der Waals surface area contributed by atoms with Gasteiger partial charge in [0.1, 0.15) is 5.82 Å². The Balaban J connectivity index is 2.35. The maximum Gasteiger partial charge on any atom is 0.151 e. The predicted octanol–water partition coefficient (Wildman–Crippen LogP) is 4.30. The zero-order chi connectivity index (χ0) is 14.6. The van der Waals surface area contributed by atoms with Crippen molar-refractivity contribution < 1.29 is 4.79 Å². The number of hydrogen-bond donors (Lipinski definition) is 0. The van der Waals surface area contributed by atoms with Crippen LogP contribution in [-0.2, 0) is 7.05 Å². The van der Waals surface area contributed by atoms with E-state index < -0.39 is 0 Å². The van der Waals surface area contributed by atoms with Crippen LogP contribution in [0.5, 0.6) is 0 Å². The maximum absolute atomic E-state index is 11.7. The molecule has 102 valence electrons. The van der Waals surface area contributed by atoms with Gasteiger partial charge in [-0.3, -0.25) is 4.79 Å². The van der Waals surface area contributed by atoms with Crippen molar-refractivity contribution in [2.45, 2.75) is 0 Å². The molecule has 0 aromatic heterocycles. The molecule has 2 aromatic rings.